The monoisotopic (exact) mass is 377 g/mol. The average Bonchev–Trinajstić information content (AvgIpc) is 2.62. The molecule has 0 saturated carbocycles. The van der Waals surface area contributed by atoms with Crippen LogP contribution in [0.2, 0.25) is 0 Å². The molecule has 0 aliphatic heterocycles. The van der Waals surface area contributed by atoms with Crippen LogP contribution < -0.4 is 15.4 Å². The van der Waals surface area contributed by atoms with Gasteiger partial charge in [-0.15, -0.1) is 0 Å². The molecule has 6 nitrogen and oxygen atoms in total. The molecule has 0 radical (unpaired) electrons. The molecule has 6 heteroatoms. The number of likely N-dealkylation sites (N-methyl/N-ethyl adjacent to an activating group) is 1. The Morgan fingerprint density at radius 1 is 1.11 bits per heavy atom. The van der Waals surface area contributed by atoms with Crippen LogP contribution in [-0.2, 0) is 0 Å². The number of methoxy groups -OCH3 is 1. The SMILES string of the molecule is CN=C(NCCN(C(C)C)C(C)C)NCC(c1cccc(OC)c1)N(C)C. The normalized spacial score (nSPS) is 13.6. The Morgan fingerprint density at radius 2 is 1.78 bits per heavy atom. The molecule has 1 aromatic carbocycles. The van der Waals surface area contributed by atoms with Gasteiger partial charge in [-0.3, -0.25) is 9.89 Å². The van der Waals surface area contributed by atoms with Crippen molar-refractivity contribution in [2.45, 2.75) is 45.8 Å². The highest BCUT2D eigenvalue weighted by Crippen LogP contribution is 2.22. The molecule has 0 aliphatic carbocycles. The summed E-state index contributed by atoms with van der Waals surface area (Å²) in [6.07, 6.45) is 0. The van der Waals surface area contributed by atoms with Gasteiger partial charge in [0, 0.05) is 38.8 Å². The number of benzene rings is 1. The molecule has 0 amide bonds. The van der Waals surface area contributed by atoms with Crippen LogP contribution in [0.5, 0.6) is 5.75 Å². The van der Waals surface area contributed by atoms with E-state index >= 15 is 0 Å². The first-order valence-corrected chi connectivity index (χ1v) is 9.80. The van der Waals surface area contributed by atoms with E-state index < -0.39 is 0 Å². The van der Waals surface area contributed by atoms with Crippen molar-refractivity contribution in [3.05, 3.63) is 29.8 Å². The Hall–Kier alpha value is -1.79. The van der Waals surface area contributed by atoms with Gasteiger partial charge >= 0.3 is 0 Å². The van der Waals surface area contributed by atoms with Gasteiger partial charge in [0.15, 0.2) is 5.96 Å². The molecular weight excluding hydrogens is 338 g/mol. The van der Waals surface area contributed by atoms with E-state index in [1.54, 1.807) is 7.11 Å². The molecule has 27 heavy (non-hydrogen) atoms. The zero-order chi connectivity index (χ0) is 20.4. The van der Waals surface area contributed by atoms with Gasteiger partial charge in [0.1, 0.15) is 5.75 Å². The van der Waals surface area contributed by atoms with E-state index in [1.165, 1.54) is 5.56 Å². The maximum atomic E-state index is 5.37. The van der Waals surface area contributed by atoms with E-state index in [-0.39, 0.29) is 6.04 Å². The summed E-state index contributed by atoms with van der Waals surface area (Å²) in [7, 11) is 7.69. The molecule has 0 aliphatic rings. The van der Waals surface area contributed by atoms with Crippen molar-refractivity contribution in [1.82, 2.24) is 20.4 Å². The van der Waals surface area contributed by atoms with Crippen LogP contribution >= 0.6 is 0 Å². The summed E-state index contributed by atoms with van der Waals surface area (Å²) in [5.41, 5.74) is 1.22. The second kappa shape index (κ2) is 11.8. The lowest BCUT2D eigenvalue weighted by molar-refractivity contribution is 0.178. The Bertz CT molecular complexity index is 563. The minimum atomic E-state index is 0.224. The van der Waals surface area contributed by atoms with Gasteiger partial charge in [-0.2, -0.15) is 0 Å². The van der Waals surface area contributed by atoms with Gasteiger partial charge in [0.2, 0.25) is 0 Å². The Balaban J connectivity index is 2.62. The van der Waals surface area contributed by atoms with E-state index in [0.29, 0.717) is 12.1 Å². The summed E-state index contributed by atoms with van der Waals surface area (Å²) in [6, 6.07) is 9.52. The zero-order valence-electron chi connectivity index (χ0n) is 18.4. The number of nitrogens with one attached hydrogen (secondary N) is 2. The third kappa shape index (κ3) is 7.77. The minimum Gasteiger partial charge on any atom is -0.497 e. The number of guanidine groups is 1. The standard InChI is InChI=1S/C21H39N5O/c1-16(2)26(17(3)4)13-12-23-21(22-5)24-15-20(25(6)7)18-10-9-11-19(14-18)27-8/h9-11,14,16-17,20H,12-13,15H2,1-8H3,(H2,22,23,24). The molecule has 154 valence electrons. The number of ether oxygens (including phenoxy) is 1. The molecule has 0 heterocycles. The first kappa shape index (κ1) is 23.2. The largest absolute Gasteiger partial charge is 0.497 e. The summed E-state index contributed by atoms with van der Waals surface area (Å²) in [5.74, 6) is 1.71. The number of nitrogens with zero attached hydrogens (tertiary/aromatic N) is 3. The van der Waals surface area contributed by atoms with Crippen molar-refractivity contribution in [2.24, 2.45) is 4.99 Å². The highest BCUT2D eigenvalue weighted by atomic mass is 16.5. The number of hydrogen-bond acceptors (Lipinski definition) is 4. The lowest BCUT2D eigenvalue weighted by atomic mass is 10.1. The van der Waals surface area contributed by atoms with Crippen molar-refractivity contribution >= 4 is 5.96 Å². The van der Waals surface area contributed by atoms with Crippen molar-refractivity contribution in [1.29, 1.82) is 0 Å². The van der Waals surface area contributed by atoms with Gasteiger partial charge in [-0.1, -0.05) is 12.1 Å². The Labute approximate surface area is 166 Å². The maximum Gasteiger partial charge on any atom is 0.191 e. The van der Waals surface area contributed by atoms with Gasteiger partial charge in [0.25, 0.3) is 0 Å². The topological polar surface area (TPSA) is 52.1 Å². The Morgan fingerprint density at radius 3 is 2.30 bits per heavy atom. The van der Waals surface area contributed by atoms with Crippen LogP contribution in [0.3, 0.4) is 0 Å². The molecule has 0 fully saturated rings. The second-order valence-electron chi connectivity index (χ2n) is 7.56. The number of aliphatic imine (C=N–C) groups is 1. The summed E-state index contributed by atoms with van der Waals surface area (Å²) < 4.78 is 5.37. The zero-order valence-corrected chi connectivity index (χ0v) is 18.4. The predicted octanol–water partition coefficient (Wildman–Crippen LogP) is 2.58. The van der Waals surface area contributed by atoms with Crippen LogP contribution in [0.25, 0.3) is 0 Å². The van der Waals surface area contributed by atoms with Crippen molar-refractivity contribution in [3.8, 4) is 5.75 Å². The highest BCUT2D eigenvalue weighted by Gasteiger charge is 2.16. The van der Waals surface area contributed by atoms with Crippen molar-refractivity contribution < 1.29 is 4.74 Å². The lowest BCUT2D eigenvalue weighted by Gasteiger charge is -2.31. The highest BCUT2D eigenvalue weighted by molar-refractivity contribution is 5.79. The van der Waals surface area contributed by atoms with Crippen LogP contribution in [-0.4, -0.2) is 75.7 Å². The molecule has 0 saturated heterocycles. The minimum absolute atomic E-state index is 0.224. The van der Waals surface area contributed by atoms with Crippen LogP contribution in [0.4, 0.5) is 0 Å². The number of rotatable bonds is 10. The molecule has 2 N–H and O–H groups in total. The molecule has 0 spiro atoms. The molecule has 0 aromatic heterocycles. The molecule has 0 bridgehead atoms. The van der Waals surface area contributed by atoms with Gasteiger partial charge < -0.3 is 20.3 Å². The number of hydrogen-bond donors (Lipinski definition) is 2. The van der Waals surface area contributed by atoms with Crippen molar-refractivity contribution in [3.63, 3.8) is 0 Å². The van der Waals surface area contributed by atoms with E-state index in [1.807, 2.05) is 19.2 Å². The smallest absolute Gasteiger partial charge is 0.191 e. The molecule has 1 unspecified atom stereocenters. The van der Waals surface area contributed by atoms with Crippen LogP contribution in [0, 0.1) is 0 Å². The quantitative estimate of drug-likeness (QED) is 0.485. The van der Waals surface area contributed by atoms with E-state index in [9.17, 15) is 0 Å². The summed E-state index contributed by atoms with van der Waals surface area (Å²) in [6.45, 7) is 11.6. The third-order valence-electron chi connectivity index (χ3n) is 4.78. The second-order valence-corrected chi connectivity index (χ2v) is 7.56. The summed E-state index contributed by atoms with van der Waals surface area (Å²) >= 11 is 0. The first-order valence-electron chi connectivity index (χ1n) is 9.80. The lowest BCUT2D eigenvalue weighted by Crippen LogP contribution is -2.46. The predicted molar refractivity (Wildman–Crippen MR) is 116 cm³/mol. The van der Waals surface area contributed by atoms with E-state index in [2.05, 4.69) is 79.3 Å². The maximum absolute atomic E-state index is 5.37. The molecular formula is C21H39N5O. The first-order chi connectivity index (χ1) is 12.8. The average molecular weight is 378 g/mol. The fourth-order valence-corrected chi connectivity index (χ4v) is 3.28. The van der Waals surface area contributed by atoms with Crippen LogP contribution in [0.1, 0.15) is 39.3 Å². The third-order valence-corrected chi connectivity index (χ3v) is 4.78. The molecule has 1 aromatic rings. The fraction of sp³-hybridized carbons (Fsp3) is 0.667. The fourth-order valence-electron chi connectivity index (χ4n) is 3.28. The summed E-state index contributed by atoms with van der Waals surface area (Å²) in [5, 5.41) is 6.89. The molecule has 1 rings (SSSR count). The van der Waals surface area contributed by atoms with Gasteiger partial charge in [-0.05, 0) is 59.5 Å². The van der Waals surface area contributed by atoms with Crippen LogP contribution in [0.15, 0.2) is 29.3 Å². The van der Waals surface area contributed by atoms with E-state index in [0.717, 1.165) is 31.3 Å². The van der Waals surface area contributed by atoms with Crippen molar-refractivity contribution in [2.75, 3.05) is 47.9 Å². The Kier molecular flexibility index (Phi) is 10.2. The van der Waals surface area contributed by atoms with Gasteiger partial charge in [0.05, 0.1) is 13.2 Å². The van der Waals surface area contributed by atoms with Gasteiger partial charge in [-0.25, -0.2) is 0 Å². The molecule has 1 atom stereocenters. The van der Waals surface area contributed by atoms with E-state index in [4.69, 9.17) is 4.74 Å². The summed E-state index contributed by atoms with van der Waals surface area (Å²) in [4.78, 5) is 9.04.